The SMILES string of the molecule is COc1ccc(C)cc1COC(=O)c1ccc2c(c1)S(=O)(=O)N=C1CCCCCN12. The number of anilines is 1. The Balaban J connectivity index is 1.59. The lowest BCUT2D eigenvalue weighted by Crippen LogP contribution is -2.35. The van der Waals surface area contributed by atoms with Crippen LogP contribution in [-0.4, -0.2) is 33.9 Å². The molecule has 2 aliphatic heterocycles. The number of hydrogen-bond acceptors (Lipinski definition) is 6. The van der Waals surface area contributed by atoms with Crippen LogP contribution in [0.2, 0.25) is 0 Å². The molecule has 4 rings (SSSR count). The van der Waals surface area contributed by atoms with E-state index in [-0.39, 0.29) is 17.1 Å². The van der Waals surface area contributed by atoms with Crippen LogP contribution in [0.1, 0.15) is 47.2 Å². The van der Waals surface area contributed by atoms with Gasteiger partial charge in [-0.3, -0.25) is 0 Å². The van der Waals surface area contributed by atoms with Gasteiger partial charge in [0, 0.05) is 18.5 Å². The number of ether oxygens (including phenoxy) is 2. The molecule has 0 N–H and O–H groups in total. The minimum Gasteiger partial charge on any atom is -0.496 e. The summed E-state index contributed by atoms with van der Waals surface area (Å²) in [5.41, 5.74) is 2.53. The fraction of sp³-hybridized carbons (Fsp3) is 0.364. The number of carbonyl (C=O) groups is 1. The second kappa shape index (κ2) is 8.10. The third-order valence-corrected chi connectivity index (χ3v) is 6.71. The van der Waals surface area contributed by atoms with Gasteiger partial charge in [0.2, 0.25) is 0 Å². The second-order valence-electron chi connectivity index (χ2n) is 7.52. The zero-order chi connectivity index (χ0) is 21.3. The van der Waals surface area contributed by atoms with Crippen LogP contribution in [0.4, 0.5) is 5.69 Å². The van der Waals surface area contributed by atoms with Gasteiger partial charge in [-0.25, -0.2) is 4.79 Å². The zero-order valence-electron chi connectivity index (χ0n) is 17.1. The Bertz CT molecular complexity index is 1120. The van der Waals surface area contributed by atoms with Crippen molar-refractivity contribution in [3.8, 4) is 5.75 Å². The Morgan fingerprint density at radius 2 is 1.97 bits per heavy atom. The topological polar surface area (TPSA) is 85.3 Å². The Labute approximate surface area is 176 Å². The zero-order valence-corrected chi connectivity index (χ0v) is 17.9. The highest BCUT2D eigenvalue weighted by Gasteiger charge is 2.32. The van der Waals surface area contributed by atoms with E-state index in [0.717, 1.165) is 36.9 Å². The lowest BCUT2D eigenvalue weighted by molar-refractivity contribution is 0.0470. The summed E-state index contributed by atoms with van der Waals surface area (Å²) in [6.45, 7) is 2.69. The van der Waals surface area contributed by atoms with Crippen LogP contribution in [0, 0.1) is 6.92 Å². The molecular formula is C22H24N2O5S. The molecule has 30 heavy (non-hydrogen) atoms. The van der Waals surface area contributed by atoms with E-state index < -0.39 is 16.0 Å². The fourth-order valence-electron chi connectivity index (χ4n) is 3.85. The first kappa shape index (κ1) is 20.4. The van der Waals surface area contributed by atoms with Gasteiger partial charge in [0.05, 0.1) is 18.4 Å². The number of methoxy groups -OCH3 is 1. The summed E-state index contributed by atoms with van der Waals surface area (Å²) >= 11 is 0. The van der Waals surface area contributed by atoms with E-state index in [2.05, 4.69) is 4.40 Å². The molecule has 0 spiro atoms. The van der Waals surface area contributed by atoms with Gasteiger partial charge in [-0.1, -0.05) is 18.1 Å². The Hall–Kier alpha value is -2.87. The van der Waals surface area contributed by atoms with Gasteiger partial charge in [-0.05, 0) is 50.1 Å². The van der Waals surface area contributed by atoms with Crippen molar-refractivity contribution in [2.45, 2.75) is 44.1 Å². The van der Waals surface area contributed by atoms with Gasteiger partial charge in [-0.15, -0.1) is 4.40 Å². The van der Waals surface area contributed by atoms with Crippen molar-refractivity contribution >= 4 is 27.5 Å². The number of carbonyl (C=O) groups excluding carboxylic acids is 1. The van der Waals surface area contributed by atoms with Crippen molar-refractivity contribution < 1.29 is 22.7 Å². The molecule has 0 saturated carbocycles. The van der Waals surface area contributed by atoms with Crippen LogP contribution in [0.25, 0.3) is 0 Å². The van der Waals surface area contributed by atoms with Crippen molar-refractivity contribution in [2.24, 2.45) is 4.40 Å². The van der Waals surface area contributed by atoms with Crippen LogP contribution < -0.4 is 9.64 Å². The Kier molecular flexibility index (Phi) is 5.51. The van der Waals surface area contributed by atoms with E-state index >= 15 is 0 Å². The Morgan fingerprint density at radius 3 is 2.77 bits per heavy atom. The molecule has 2 aliphatic rings. The highest BCUT2D eigenvalue weighted by molar-refractivity contribution is 7.90. The summed E-state index contributed by atoms with van der Waals surface area (Å²) in [6, 6.07) is 10.3. The maximum atomic E-state index is 12.7. The van der Waals surface area contributed by atoms with Gasteiger partial charge in [0.25, 0.3) is 10.0 Å². The molecular weight excluding hydrogens is 404 g/mol. The number of esters is 1. The molecule has 0 atom stereocenters. The van der Waals surface area contributed by atoms with Gasteiger partial charge in [0.15, 0.2) is 0 Å². The molecule has 0 unspecified atom stereocenters. The summed E-state index contributed by atoms with van der Waals surface area (Å²) in [5.74, 6) is 0.619. The smallest absolute Gasteiger partial charge is 0.338 e. The highest BCUT2D eigenvalue weighted by atomic mass is 32.2. The lowest BCUT2D eigenvalue weighted by Gasteiger charge is -2.29. The molecule has 0 amide bonds. The average Bonchev–Trinajstić information content (AvgIpc) is 2.96. The molecule has 0 aliphatic carbocycles. The van der Waals surface area contributed by atoms with Crippen molar-refractivity contribution in [3.63, 3.8) is 0 Å². The van der Waals surface area contributed by atoms with Gasteiger partial charge >= 0.3 is 5.97 Å². The van der Waals surface area contributed by atoms with Crippen LogP contribution in [0.5, 0.6) is 5.75 Å². The quantitative estimate of drug-likeness (QED) is 0.688. The number of sulfonamides is 1. The average molecular weight is 429 g/mol. The van der Waals surface area contributed by atoms with Crippen molar-refractivity contribution in [3.05, 3.63) is 53.1 Å². The molecule has 2 aromatic rings. The molecule has 1 saturated heterocycles. The number of benzene rings is 2. The number of aryl methyl sites for hydroxylation is 1. The van der Waals surface area contributed by atoms with E-state index in [1.807, 2.05) is 30.0 Å². The number of amidine groups is 1. The molecule has 158 valence electrons. The first-order valence-corrected chi connectivity index (χ1v) is 11.4. The number of rotatable bonds is 4. The molecule has 7 nitrogen and oxygen atoms in total. The standard InChI is InChI=1S/C22H24N2O5S/c1-15-7-10-19(28-2)17(12-15)14-29-22(25)16-8-9-18-20(13-16)30(26,27)23-21-6-4-3-5-11-24(18)21/h7-10,12-13H,3-6,11,14H2,1-2H3. The largest absolute Gasteiger partial charge is 0.496 e. The predicted molar refractivity (Wildman–Crippen MR) is 114 cm³/mol. The van der Waals surface area contributed by atoms with Gasteiger partial charge in [0.1, 0.15) is 23.1 Å². The number of nitrogens with zero attached hydrogens (tertiary/aromatic N) is 2. The minimum atomic E-state index is -3.85. The molecule has 2 aromatic carbocycles. The maximum absolute atomic E-state index is 12.7. The van der Waals surface area contributed by atoms with E-state index in [4.69, 9.17) is 9.47 Å². The first-order valence-electron chi connectivity index (χ1n) is 9.95. The maximum Gasteiger partial charge on any atom is 0.338 e. The third-order valence-electron chi connectivity index (χ3n) is 5.38. The summed E-state index contributed by atoms with van der Waals surface area (Å²) in [6.07, 6.45) is 3.58. The van der Waals surface area contributed by atoms with Crippen molar-refractivity contribution in [2.75, 3.05) is 18.6 Å². The van der Waals surface area contributed by atoms with Crippen molar-refractivity contribution in [1.82, 2.24) is 0 Å². The van der Waals surface area contributed by atoms with Crippen molar-refractivity contribution in [1.29, 1.82) is 0 Å². The highest BCUT2D eigenvalue weighted by Crippen LogP contribution is 2.35. The van der Waals surface area contributed by atoms with E-state index in [1.165, 1.54) is 6.07 Å². The fourth-order valence-corrected chi connectivity index (χ4v) is 5.14. The molecule has 0 bridgehead atoms. The van der Waals surface area contributed by atoms with E-state index in [9.17, 15) is 13.2 Å². The van der Waals surface area contributed by atoms with Gasteiger partial charge < -0.3 is 14.4 Å². The van der Waals surface area contributed by atoms with Gasteiger partial charge in [-0.2, -0.15) is 8.42 Å². The van der Waals surface area contributed by atoms with Crippen LogP contribution in [0.3, 0.4) is 0 Å². The summed E-state index contributed by atoms with van der Waals surface area (Å²) in [5, 5.41) is 0. The monoisotopic (exact) mass is 428 g/mol. The van der Waals surface area contributed by atoms with E-state index in [1.54, 1.807) is 19.2 Å². The second-order valence-corrected chi connectivity index (χ2v) is 9.09. The molecule has 2 heterocycles. The van der Waals surface area contributed by atoms with Crippen LogP contribution in [-0.2, 0) is 21.4 Å². The molecule has 1 fully saturated rings. The van der Waals surface area contributed by atoms with Crippen LogP contribution in [0.15, 0.2) is 45.7 Å². The number of hydrogen-bond donors (Lipinski definition) is 0. The molecule has 0 radical (unpaired) electrons. The van der Waals surface area contributed by atoms with E-state index in [0.29, 0.717) is 23.7 Å². The summed E-state index contributed by atoms with van der Waals surface area (Å²) < 4.78 is 40.2. The third kappa shape index (κ3) is 3.92. The van der Waals surface area contributed by atoms with Crippen LogP contribution >= 0.6 is 0 Å². The number of fused-ring (bicyclic) bond motifs is 3. The Morgan fingerprint density at radius 1 is 1.13 bits per heavy atom. The molecule has 8 heteroatoms. The molecule has 0 aromatic heterocycles. The summed E-state index contributed by atoms with van der Waals surface area (Å²) in [7, 11) is -2.29. The minimum absolute atomic E-state index is 0.0297. The lowest BCUT2D eigenvalue weighted by atomic mass is 10.1. The predicted octanol–water partition coefficient (Wildman–Crippen LogP) is 3.84. The normalized spacial score (nSPS) is 17.3. The first-order chi connectivity index (χ1) is 14.4. The summed E-state index contributed by atoms with van der Waals surface area (Å²) in [4.78, 5) is 14.6.